The zero-order chi connectivity index (χ0) is 13.7. The average molecular weight is 254 g/mol. The van der Waals surface area contributed by atoms with E-state index in [1.807, 2.05) is 6.92 Å². The number of hydrogen-bond acceptors (Lipinski definition) is 4. The number of nitrogens with two attached hydrogens (primary N) is 1. The minimum atomic E-state index is -0.559. The van der Waals surface area contributed by atoms with E-state index in [-0.39, 0.29) is 11.9 Å². The summed E-state index contributed by atoms with van der Waals surface area (Å²) in [6.45, 7) is 4.17. The van der Waals surface area contributed by atoms with Gasteiger partial charge in [-0.05, 0) is 19.9 Å². The predicted octanol–water partition coefficient (Wildman–Crippen LogP) is 1.42. The van der Waals surface area contributed by atoms with Crippen molar-refractivity contribution >= 4 is 12.1 Å². The van der Waals surface area contributed by atoms with E-state index in [1.165, 1.54) is 12.3 Å². The summed E-state index contributed by atoms with van der Waals surface area (Å²) >= 11 is 0. The van der Waals surface area contributed by atoms with Crippen molar-refractivity contribution in [1.29, 1.82) is 10.8 Å². The molecule has 1 fully saturated rings. The van der Waals surface area contributed by atoms with Gasteiger partial charge in [0.05, 0.1) is 12.6 Å². The second kappa shape index (κ2) is 6.30. The smallest absolute Gasteiger partial charge is 0.160 e. The van der Waals surface area contributed by atoms with Gasteiger partial charge in [-0.15, -0.1) is 0 Å². The summed E-state index contributed by atoms with van der Waals surface area (Å²) in [7, 11) is 0. The van der Waals surface area contributed by atoms with Crippen LogP contribution in [0.5, 0.6) is 0 Å². The molecule has 0 aliphatic carbocycles. The predicted molar refractivity (Wildman–Crippen MR) is 69.6 cm³/mol. The van der Waals surface area contributed by atoms with Gasteiger partial charge in [-0.3, -0.25) is 5.41 Å². The Labute approximate surface area is 106 Å². The third kappa shape index (κ3) is 3.16. The lowest BCUT2D eigenvalue weighted by molar-refractivity contribution is -0.0371. The second-order valence-electron chi connectivity index (χ2n) is 4.14. The standard InChI is InChI=1S/C12H19FN4O/c1-3-10(13)12(16)17-6-8(2)18-11(7-17)9(4-14)5-15/h3-5,8,11,14,16H,6-7,15H2,1-2H3/b9-5+,10-3+,14-4?,16-12?. The quantitative estimate of drug-likeness (QED) is 0.526. The van der Waals surface area contributed by atoms with Crippen LogP contribution in [0.3, 0.4) is 0 Å². The molecule has 0 aromatic rings. The molecule has 18 heavy (non-hydrogen) atoms. The zero-order valence-corrected chi connectivity index (χ0v) is 10.6. The van der Waals surface area contributed by atoms with Gasteiger partial charge in [0.2, 0.25) is 0 Å². The van der Waals surface area contributed by atoms with Gasteiger partial charge in [-0.1, -0.05) is 0 Å². The van der Waals surface area contributed by atoms with Crippen LogP contribution in [0.25, 0.3) is 0 Å². The minimum Gasteiger partial charge on any atom is -0.404 e. The molecule has 0 bridgehead atoms. The van der Waals surface area contributed by atoms with Crippen molar-refractivity contribution in [3.05, 3.63) is 23.7 Å². The van der Waals surface area contributed by atoms with Crippen LogP contribution in [0.4, 0.5) is 4.39 Å². The Morgan fingerprint density at radius 2 is 2.17 bits per heavy atom. The summed E-state index contributed by atoms with van der Waals surface area (Å²) in [5.74, 6) is -0.713. The second-order valence-corrected chi connectivity index (χ2v) is 4.14. The van der Waals surface area contributed by atoms with Crippen molar-refractivity contribution in [3.8, 4) is 0 Å². The minimum absolute atomic E-state index is 0.149. The average Bonchev–Trinajstić information content (AvgIpc) is 2.37. The van der Waals surface area contributed by atoms with Crippen molar-refractivity contribution in [2.45, 2.75) is 26.1 Å². The first-order chi connectivity index (χ1) is 8.53. The Balaban J connectivity index is 2.84. The number of allylic oxidation sites excluding steroid dienone is 1. The lowest BCUT2D eigenvalue weighted by Gasteiger charge is -2.38. The molecule has 0 saturated carbocycles. The molecule has 1 aliphatic heterocycles. The molecule has 6 heteroatoms. The number of halogens is 1. The van der Waals surface area contributed by atoms with E-state index < -0.39 is 11.9 Å². The van der Waals surface area contributed by atoms with Crippen LogP contribution in [0, 0.1) is 10.8 Å². The molecule has 1 saturated heterocycles. The van der Waals surface area contributed by atoms with Crippen LogP contribution in [-0.4, -0.2) is 42.2 Å². The summed E-state index contributed by atoms with van der Waals surface area (Å²) in [4.78, 5) is 1.60. The van der Waals surface area contributed by atoms with Gasteiger partial charge < -0.3 is 20.8 Å². The van der Waals surface area contributed by atoms with E-state index in [4.69, 9.17) is 21.3 Å². The van der Waals surface area contributed by atoms with Crippen LogP contribution in [0.1, 0.15) is 13.8 Å². The fraction of sp³-hybridized carbons (Fsp3) is 0.500. The maximum atomic E-state index is 13.4. The molecule has 2 atom stereocenters. The van der Waals surface area contributed by atoms with Gasteiger partial charge in [0.1, 0.15) is 6.10 Å². The highest BCUT2D eigenvalue weighted by Crippen LogP contribution is 2.18. The van der Waals surface area contributed by atoms with Crippen molar-refractivity contribution < 1.29 is 9.13 Å². The van der Waals surface area contributed by atoms with Crippen molar-refractivity contribution in [1.82, 2.24) is 4.90 Å². The van der Waals surface area contributed by atoms with Crippen molar-refractivity contribution in [3.63, 3.8) is 0 Å². The molecular weight excluding hydrogens is 235 g/mol. The lowest BCUT2D eigenvalue weighted by atomic mass is 10.1. The fourth-order valence-electron chi connectivity index (χ4n) is 1.85. The topological polar surface area (TPSA) is 86.2 Å². The first-order valence-electron chi connectivity index (χ1n) is 5.76. The number of hydrogen-bond donors (Lipinski definition) is 3. The Hall–Kier alpha value is -1.69. The number of amidine groups is 1. The third-order valence-electron chi connectivity index (χ3n) is 2.79. The van der Waals surface area contributed by atoms with Crippen molar-refractivity contribution in [2.24, 2.45) is 5.73 Å². The first kappa shape index (κ1) is 14.4. The van der Waals surface area contributed by atoms with Gasteiger partial charge in [-0.25, -0.2) is 4.39 Å². The van der Waals surface area contributed by atoms with Crippen molar-refractivity contribution in [2.75, 3.05) is 13.1 Å². The van der Waals surface area contributed by atoms with Gasteiger partial charge in [-0.2, -0.15) is 0 Å². The molecule has 5 nitrogen and oxygen atoms in total. The molecule has 2 unspecified atom stereocenters. The van der Waals surface area contributed by atoms with Gasteiger partial charge in [0.15, 0.2) is 11.7 Å². The maximum Gasteiger partial charge on any atom is 0.160 e. The van der Waals surface area contributed by atoms with E-state index in [9.17, 15) is 4.39 Å². The molecule has 0 aromatic carbocycles. The molecular formula is C12H19FN4O. The molecule has 4 N–H and O–H groups in total. The largest absolute Gasteiger partial charge is 0.404 e. The van der Waals surface area contributed by atoms with E-state index >= 15 is 0 Å². The molecule has 1 aliphatic rings. The Morgan fingerprint density at radius 3 is 2.67 bits per heavy atom. The van der Waals surface area contributed by atoms with Gasteiger partial charge >= 0.3 is 0 Å². The number of ether oxygens (including phenoxy) is 1. The zero-order valence-electron chi connectivity index (χ0n) is 10.6. The highest BCUT2D eigenvalue weighted by atomic mass is 19.1. The maximum absolute atomic E-state index is 13.4. The van der Waals surface area contributed by atoms with Crippen LogP contribution < -0.4 is 5.73 Å². The Bertz CT molecular complexity index is 392. The summed E-state index contributed by atoms with van der Waals surface area (Å²) in [5, 5.41) is 15.0. The normalized spacial score (nSPS) is 26.1. The molecule has 100 valence electrons. The van der Waals surface area contributed by atoms with E-state index in [2.05, 4.69) is 0 Å². The molecule has 1 heterocycles. The van der Waals surface area contributed by atoms with Gasteiger partial charge in [0.25, 0.3) is 0 Å². The number of nitrogens with one attached hydrogen (secondary N) is 2. The monoisotopic (exact) mass is 254 g/mol. The molecule has 0 radical (unpaired) electrons. The highest BCUT2D eigenvalue weighted by molar-refractivity contribution is 5.93. The Kier molecular flexibility index (Phi) is 5.03. The molecule has 0 aromatic heterocycles. The molecule has 1 rings (SSSR count). The van der Waals surface area contributed by atoms with Crippen LogP contribution in [0.15, 0.2) is 23.7 Å². The summed E-state index contributed by atoms with van der Waals surface area (Å²) < 4.78 is 19.0. The number of rotatable bonds is 3. The summed E-state index contributed by atoms with van der Waals surface area (Å²) in [6.07, 6.45) is 3.14. The number of morpholine rings is 1. The summed E-state index contributed by atoms with van der Waals surface area (Å²) in [6, 6.07) is 0. The molecule has 0 spiro atoms. The van der Waals surface area contributed by atoms with Crippen LogP contribution in [-0.2, 0) is 4.74 Å². The van der Waals surface area contributed by atoms with Crippen LogP contribution in [0.2, 0.25) is 0 Å². The number of nitrogens with zero attached hydrogens (tertiary/aromatic N) is 1. The molecule has 0 amide bonds. The highest BCUT2D eigenvalue weighted by Gasteiger charge is 2.29. The summed E-state index contributed by atoms with van der Waals surface area (Å²) in [5.41, 5.74) is 5.94. The lowest BCUT2D eigenvalue weighted by Crippen LogP contribution is -2.50. The van der Waals surface area contributed by atoms with Gasteiger partial charge in [0, 0.05) is 24.5 Å². The van der Waals surface area contributed by atoms with E-state index in [0.29, 0.717) is 18.7 Å². The van der Waals surface area contributed by atoms with E-state index in [1.54, 1.807) is 11.8 Å². The fourth-order valence-corrected chi connectivity index (χ4v) is 1.85. The SMILES string of the molecule is C/C=C(/F)C(=N)N1CC(C)OC(/C(C=N)=C/N)C1. The van der Waals surface area contributed by atoms with E-state index in [0.717, 1.165) is 6.21 Å². The Morgan fingerprint density at radius 1 is 1.50 bits per heavy atom. The van der Waals surface area contributed by atoms with Crippen LogP contribution >= 0.6 is 0 Å². The first-order valence-corrected chi connectivity index (χ1v) is 5.76. The third-order valence-corrected chi connectivity index (χ3v) is 2.79.